The summed E-state index contributed by atoms with van der Waals surface area (Å²) in [6, 6.07) is -0.639. The van der Waals surface area contributed by atoms with E-state index in [0.29, 0.717) is 19.4 Å². The van der Waals surface area contributed by atoms with Crippen molar-refractivity contribution in [3.63, 3.8) is 0 Å². The lowest BCUT2D eigenvalue weighted by atomic mass is 10.0. The largest absolute Gasteiger partial charge is 0.466 e. The van der Waals surface area contributed by atoms with Gasteiger partial charge in [-0.05, 0) is 83.5 Å². The van der Waals surface area contributed by atoms with E-state index in [0.717, 1.165) is 57.8 Å². The molecule has 0 saturated carbocycles. The number of allylic oxidation sites excluding steroid dienone is 5. The molecule has 412 valence electrons. The minimum atomic E-state index is -0.854. The summed E-state index contributed by atoms with van der Waals surface area (Å²) < 4.78 is 5.49. The summed E-state index contributed by atoms with van der Waals surface area (Å²) in [5.41, 5.74) is 0. The third-order valence-electron chi connectivity index (χ3n) is 14.4. The fourth-order valence-electron chi connectivity index (χ4n) is 9.57. The quantitative estimate of drug-likeness (QED) is 0.0321. The SMILES string of the molecule is CCCCCCCCC/C=C\CCCCCCCCCC(=O)OCCCCCCCCCCC/C=C\CCCCCCCC(=O)NC(CO)C(O)/C=C/CCCCCCCCCCCCCCCCC. The van der Waals surface area contributed by atoms with E-state index in [4.69, 9.17) is 4.74 Å². The van der Waals surface area contributed by atoms with Crippen molar-refractivity contribution in [3.05, 3.63) is 36.5 Å². The van der Waals surface area contributed by atoms with Gasteiger partial charge in [0, 0.05) is 12.8 Å². The van der Waals surface area contributed by atoms with Gasteiger partial charge in [0.1, 0.15) is 0 Å². The van der Waals surface area contributed by atoms with Gasteiger partial charge < -0.3 is 20.3 Å². The van der Waals surface area contributed by atoms with Gasteiger partial charge in [0.15, 0.2) is 0 Å². The number of aliphatic hydroxyl groups excluding tert-OH is 2. The zero-order valence-electron chi connectivity index (χ0n) is 47.0. The highest BCUT2D eigenvalue weighted by Gasteiger charge is 2.18. The summed E-state index contributed by atoms with van der Waals surface area (Å²) in [7, 11) is 0. The third-order valence-corrected chi connectivity index (χ3v) is 14.4. The van der Waals surface area contributed by atoms with Gasteiger partial charge in [-0.2, -0.15) is 0 Å². The molecule has 70 heavy (non-hydrogen) atoms. The Bertz CT molecular complexity index is 1130. The highest BCUT2D eigenvalue weighted by atomic mass is 16.5. The van der Waals surface area contributed by atoms with Crippen molar-refractivity contribution >= 4 is 11.9 Å². The van der Waals surface area contributed by atoms with Crippen LogP contribution in [0.15, 0.2) is 36.5 Å². The number of nitrogens with one attached hydrogen (secondary N) is 1. The number of carbonyl (C=O) groups is 2. The van der Waals surface area contributed by atoms with E-state index in [-0.39, 0.29) is 18.5 Å². The number of unbranched alkanes of at least 4 members (excludes halogenated alkanes) is 43. The van der Waals surface area contributed by atoms with Gasteiger partial charge in [-0.25, -0.2) is 0 Å². The Morgan fingerprint density at radius 3 is 1.01 bits per heavy atom. The smallest absolute Gasteiger partial charge is 0.305 e. The van der Waals surface area contributed by atoms with Crippen LogP contribution in [-0.4, -0.2) is 47.4 Å². The fourth-order valence-corrected chi connectivity index (χ4v) is 9.57. The molecule has 0 aromatic rings. The normalized spacial score (nSPS) is 12.8. The molecule has 0 fully saturated rings. The summed E-state index contributed by atoms with van der Waals surface area (Å²) in [4.78, 5) is 24.6. The van der Waals surface area contributed by atoms with Crippen molar-refractivity contribution in [1.82, 2.24) is 5.32 Å². The van der Waals surface area contributed by atoms with Crippen LogP contribution in [0.5, 0.6) is 0 Å². The summed E-state index contributed by atoms with van der Waals surface area (Å²) in [6.45, 7) is 4.90. The van der Waals surface area contributed by atoms with Crippen LogP contribution in [0.2, 0.25) is 0 Å². The second-order valence-electron chi connectivity index (χ2n) is 21.4. The van der Waals surface area contributed by atoms with Crippen LogP contribution in [0.4, 0.5) is 0 Å². The van der Waals surface area contributed by atoms with Gasteiger partial charge in [-0.15, -0.1) is 0 Å². The van der Waals surface area contributed by atoms with Crippen LogP contribution in [0.25, 0.3) is 0 Å². The van der Waals surface area contributed by atoms with E-state index >= 15 is 0 Å². The zero-order chi connectivity index (χ0) is 50.7. The molecule has 0 aliphatic heterocycles. The molecule has 0 spiro atoms. The molecule has 0 aliphatic carbocycles. The van der Waals surface area contributed by atoms with Crippen molar-refractivity contribution in [2.45, 2.75) is 347 Å². The summed E-state index contributed by atoms with van der Waals surface area (Å²) in [5, 5.41) is 23.1. The molecule has 2 unspecified atom stereocenters. The highest BCUT2D eigenvalue weighted by Crippen LogP contribution is 2.17. The molecule has 0 aliphatic rings. The first kappa shape index (κ1) is 68.1. The highest BCUT2D eigenvalue weighted by molar-refractivity contribution is 5.76. The number of hydrogen-bond donors (Lipinski definition) is 3. The number of amides is 1. The maximum Gasteiger partial charge on any atom is 0.305 e. The number of aliphatic hydroxyl groups is 2. The van der Waals surface area contributed by atoms with E-state index in [2.05, 4.69) is 43.5 Å². The molecular formula is C64H121NO5. The summed E-state index contributed by atoms with van der Waals surface area (Å²) in [5.74, 6) is -0.0814. The van der Waals surface area contributed by atoms with E-state index in [1.807, 2.05) is 6.08 Å². The predicted octanol–water partition coefficient (Wildman–Crippen LogP) is 19.6. The Balaban J connectivity index is 3.46. The van der Waals surface area contributed by atoms with Crippen LogP contribution in [0.3, 0.4) is 0 Å². The summed E-state index contributed by atoms with van der Waals surface area (Å²) in [6.07, 6.45) is 74.6. The Kier molecular flexibility index (Phi) is 58.0. The van der Waals surface area contributed by atoms with Crippen LogP contribution in [-0.2, 0) is 14.3 Å². The third kappa shape index (κ3) is 55.4. The number of esters is 1. The molecular weight excluding hydrogens is 863 g/mol. The maximum absolute atomic E-state index is 12.5. The molecule has 0 saturated heterocycles. The molecule has 0 rings (SSSR count). The van der Waals surface area contributed by atoms with Gasteiger partial charge in [-0.1, -0.05) is 275 Å². The van der Waals surface area contributed by atoms with E-state index in [1.54, 1.807) is 6.08 Å². The van der Waals surface area contributed by atoms with Crippen molar-refractivity contribution in [1.29, 1.82) is 0 Å². The summed E-state index contributed by atoms with van der Waals surface area (Å²) >= 11 is 0. The molecule has 2 atom stereocenters. The monoisotopic (exact) mass is 984 g/mol. The molecule has 0 bridgehead atoms. The average molecular weight is 985 g/mol. The van der Waals surface area contributed by atoms with Gasteiger partial charge in [0.2, 0.25) is 5.91 Å². The lowest BCUT2D eigenvalue weighted by Gasteiger charge is -2.20. The molecule has 0 aromatic carbocycles. The topological polar surface area (TPSA) is 95.9 Å². The maximum atomic E-state index is 12.5. The van der Waals surface area contributed by atoms with Crippen LogP contribution >= 0.6 is 0 Å². The minimum absolute atomic E-state index is 0.000623. The number of ether oxygens (including phenoxy) is 1. The first-order chi connectivity index (χ1) is 34.5. The zero-order valence-corrected chi connectivity index (χ0v) is 47.0. The lowest BCUT2D eigenvalue weighted by Crippen LogP contribution is -2.45. The molecule has 3 N–H and O–H groups in total. The van der Waals surface area contributed by atoms with Gasteiger partial charge >= 0.3 is 5.97 Å². The minimum Gasteiger partial charge on any atom is -0.466 e. The second kappa shape index (κ2) is 59.6. The van der Waals surface area contributed by atoms with Crippen molar-refractivity contribution in [2.24, 2.45) is 0 Å². The Morgan fingerprint density at radius 2 is 0.671 bits per heavy atom. The first-order valence-electron chi connectivity index (χ1n) is 31.3. The Labute approximate surface area is 436 Å². The van der Waals surface area contributed by atoms with Crippen molar-refractivity contribution in [3.8, 4) is 0 Å². The predicted molar refractivity (Wildman–Crippen MR) is 306 cm³/mol. The van der Waals surface area contributed by atoms with Gasteiger partial charge in [0.05, 0.1) is 25.4 Å². The Morgan fingerprint density at radius 1 is 0.386 bits per heavy atom. The van der Waals surface area contributed by atoms with Crippen LogP contribution in [0, 0.1) is 0 Å². The molecule has 0 radical (unpaired) electrons. The fraction of sp³-hybridized carbons (Fsp3) is 0.875. The molecule has 0 heterocycles. The number of carbonyl (C=O) groups excluding carboxylic acids is 2. The standard InChI is InChI=1S/C64H121NO5/c1-3-5-7-9-11-13-15-17-19-21-26-30-34-38-42-46-50-54-58-64(69)70-59-55-51-47-43-39-35-31-27-23-22-25-29-33-37-41-45-49-53-57-63(68)65-61(60-66)62(67)56-52-48-44-40-36-32-28-24-20-18-16-14-12-10-8-6-4-2/h19,21,25,29,52,56,61-62,66-67H,3-18,20,22-24,26-28,30-51,53-55,57-60H2,1-2H3,(H,65,68)/b21-19-,29-25-,56-52+. The first-order valence-corrected chi connectivity index (χ1v) is 31.3. The van der Waals surface area contributed by atoms with E-state index < -0.39 is 12.1 Å². The van der Waals surface area contributed by atoms with Crippen LogP contribution < -0.4 is 5.32 Å². The van der Waals surface area contributed by atoms with Crippen molar-refractivity contribution in [2.75, 3.05) is 13.2 Å². The number of hydrogen-bond acceptors (Lipinski definition) is 5. The van der Waals surface area contributed by atoms with Crippen molar-refractivity contribution < 1.29 is 24.5 Å². The van der Waals surface area contributed by atoms with Gasteiger partial charge in [-0.3, -0.25) is 9.59 Å². The Hall–Kier alpha value is -1.92. The van der Waals surface area contributed by atoms with Gasteiger partial charge in [0.25, 0.3) is 0 Å². The molecule has 6 nitrogen and oxygen atoms in total. The molecule has 6 heteroatoms. The van der Waals surface area contributed by atoms with E-state index in [1.165, 1.54) is 250 Å². The van der Waals surface area contributed by atoms with Crippen LogP contribution in [0.1, 0.15) is 335 Å². The lowest BCUT2D eigenvalue weighted by molar-refractivity contribution is -0.143. The molecule has 1 amide bonds. The number of rotatable bonds is 58. The van der Waals surface area contributed by atoms with E-state index in [9.17, 15) is 19.8 Å². The second-order valence-corrected chi connectivity index (χ2v) is 21.4. The average Bonchev–Trinajstić information content (AvgIpc) is 3.36. The molecule has 0 aromatic heterocycles.